The van der Waals surface area contributed by atoms with Crippen LogP contribution in [0, 0.1) is 10.1 Å². The molecule has 9 nitrogen and oxygen atoms in total. The lowest BCUT2D eigenvalue weighted by molar-refractivity contribution is -0.384. The van der Waals surface area contributed by atoms with E-state index in [9.17, 15) is 14.9 Å². The van der Waals surface area contributed by atoms with Crippen molar-refractivity contribution >= 4 is 11.4 Å². The van der Waals surface area contributed by atoms with Crippen LogP contribution in [-0.4, -0.2) is 19.3 Å². The van der Waals surface area contributed by atoms with Crippen molar-refractivity contribution in [2.45, 2.75) is 6.54 Å². The molecule has 2 rings (SSSR count). The summed E-state index contributed by atoms with van der Waals surface area (Å²) in [7, 11) is 1.59. The Bertz CT molecular complexity index is 674. The molecule has 0 saturated heterocycles. The van der Waals surface area contributed by atoms with Gasteiger partial charge < -0.3 is 5.43 Å². The lowest BCUT2D eigenvalue weighted by Gasteiger charge is -2.05. The first-order chi connectivity index (χ1) is 9.02. The summed E-state index contributed by atoms with van der Waals surface area (Å²) in [5.74, 6) is 5.24. The summed E-state index contributed by atoms with van der Waals surface area (Å²) < 4.78 is 2.59. The van der Waals surface area contributed by atoms with Gasteiger partial charge in [-0.3, -0.25) is 20.5 Å². The van der Waals surface area contributed by atoms with Crippen molar-refractivity contribution in [3.63, 3.8) is 0 Å². The van der Waals surface area contributed by atoms with Crippen molar-refractivity contribution in [2.24, 2.45) is 12.9 Å². The highest BCUT2D eigenvalue weighted by atomic mass is 16.6. The van der Waals surface area contributed by atoms with E-state index in [0.29, 0.717) is 5.56 Å². The van der Waals surface area contributed by atoms with Crippen LogP contribution in [0.1, 0.15) is 5.56 Å². The Balaban J connectivity index is 2.34. The van der Waals surface area contributed by atoms with Crippen molar-refractivity contribution in [1.82, 2.24) is 14.3 Å². The summed E-state index contributed by atoms with van der Waals surface area (Å²) in [4.78, 5) is 21.8. The number of nitrogen functional groups attached to an aromatic ring is 1. The molecule has 1 heterocycles. The number of hydrogen-bond acceptors (Lipinski definition) is 6. The zero-order valence-corrected chi connectivity index (χ0v) is 10.1. The number of benzene rings is 1. The highest BCUT2D eigenvalue weighted by Crippen LogP contribution is 2.24. The van der Waals surface area contributed by atoms with Gasteiger partial charge in [0.2, 0.25) is 0 Å². The van der Waals surface area contributed by atoms with E-state index in [4.69, 9.17) is 5.84 Å². The topological polar surface area (TPSA) is 121 Å². The summed E-state index contributed by atoms with van der Waals surface area (Å²) >= 11 is 0. The molecule has 3 N–H and O–H groups in total. The zero-order chi connectivity index (χ0) is 14.0. The highest BCUT2D eigenvalue weighted by molar-refractivity contribution is 5.62. The molecule has 0 radical (unpaired) electrons. The number of nitrogens with one attached hydrogen (secondary N) is 1. The van der Waals surface area contributed by atoms with Gasteiger partial charge in [-0.25, -0.2) is 9.48 Å². The third-order valence-electron chi connectivity index (χ3n) is 2.63. The Morgan fingerprint density at radius 2 is 2.26 bits per heavy atom. The second kappa shape index (κ2) is 4.90. The maximum atomic E-state index is 11.6. The number of nitro benzene ring substituents is 1. The fourth-order valence-electron chi connectivity index (χ4n) is 1.66. The van der Waals surface area contributed by atoms with Crippen molar-refractivity contribution in [3.05, 3.63) is 50.7 Å². The van der Waals surface area contributed by atoms with Crippen LogP contribution in [0.4, 0.5) is 11.4 Å². The van der Waals surface area contributed by atoms with Gasteiger partial charge in [0.25, 0.3) is 5.69 Å². The summed E-state index contributed by atoms with van der Waals surface area (Å²) in [6.07, 6.45) is 1.40. The van der Waals surface area contributed by atoms with Gasteiger partial charge in [-0.2, -0.15) is 5.10 Å². The van der Waals surface area contributed by atoms with E-state index in [1.54, 1.807) is 13.1 Å². The number of hydrazine groups is 1. The predicted molar refractivity (Wildman–Crippen MR) is 67.5 cm³/mol. The Morgan fingerprint density at radius 3 is 2.79 bits per heavy atom. The lowest BCUT2D eigenvalue weighted by Crippen LogP contribution is -2.23. The third kappa shape index (κ3) is 2.45. The van der Waals surface area contributed by atoms with Crippen molar-refractivity contribution < 1.29 is 4.92 Å². The zero-order valence-electron chi connectivity index (χ0n) is 10.1. The van der Waals surface area contributed by atoms with E-state index < -0.39 is 4.92 Å². The molecule has 1 aromatic carbocycles. The van der Waals surface area contributed by atoms with Crippen LogP contribution in [0.25, 0.3) is 0 Å². The number of aromatic nitrogens is 3. The molecule has 0 amide bonds. The van der Waals surface area contributed by atoms with E-state index in [1.807, 2.05) is 0 Å². The van der Waals surface area contributed by atoms with Gasteiger partial charge in [0.05, 0.1) is 11.5 Å². The normalized spacial score (nSPS) is 10.4. The maximum Gasteiger partial charge on any atom is 0.345 e. The molecule has 0 spiro atoms. The van der Waals surface area contributed by atoms with Crippen molar-refractivity contribution in [1.29, 1.82) is 0 Å². The standard InChI is InChI=1S/C10H12N6O3/c1-14-6-12-15(10(14)17)5-7-2-3-9(16(18)19)8(4-7)13-11/h2-4,6,13H,5,11H2,1H3. The van der Waals surface area contributed by atoms with Crippen LogP contribution in [0.3, 0.4) is 0 Å². The average Bonchev–Trinajstić information content (AvgIpc) is 2.70. The second-order valence-electron chi connectivity index (χ2n) is 3.94. The van der Waals surface area contributed by atoms with Gasteiger partial charge in [-0.15, -0.1) is 0 Å². The van der Waals surface area contributed by atoms with E-state index in [1.165, 1.54) is 27.7 Å². The van der Waals surface area contributed by atoms with E-state index in [-0.39, 0.29) is 23.6 Å². The van der Waals surface area contributed by atoms with Crippen LogP contribution in [0.5, 0.6) is 0 Å². The highest BCUT2D eigenvalue weighted by Gasteiger charge is 2.13. The number of anilines is 1. The molecule has 0 atom stereocenters. The van der Waals surface area contributed by atoms with Crippen molar-refractivity contribution in [3.8, 4) is 0 Å². The average molecular weight is 264 g/mol. The number of hydrogen-bond donors (Lipinski definition) is 2. The van der Waals surface area contributed by atoms with Gasteiger partial charge >= 0.3 is 5.69 Å². The quantitative estimate of drug-likeness (QED) is 0.449. The third-order valence-corrected chi connectivity index (χ3v) is 2.63. The molecule has 0 bridgehead atoms. The molecule has 0 aliphatic carbocycles. The van der Waals surface area contributed by atoms with Crippen LogP contribution >= 0.6 is 0 Å². The Morgan fingerprint density at radius 1 is 1.53 bits per heavy atom. The molecular formula is C10H12N6O3. The number of nitrogens with two attached hydrogens (primary N) is 1. The Kier molecular flexibility index (Phi) is 3.29. The Hall–Kier alpha value is -2.68. The monoisotopic (exact) mass is 264 g/mol. The summed E-state index contributed by atoms with van der Waals surface area (Å²) in [5.41, 5.74) is 2.75. The first-order valence-corrected chi connectivity index (χ1v) is 5.35. The predicted octanol–water partition coefficient (Wildman–Crippen LogP) is -0.176. The fourth-order valence-corrected chi connectivity index (χ4v) is 1.66. The number of aryl methyl sites for hydroxylation is 1. The van der Waals surface area contributed by atoms with E-state index in [0.717, 1.165) is 0 Å². The van der Waals surface area contributed by atoms with Crippen LogP contribution in [0.2, 0.25) is 0 Å². The van der Waals surface area contributed by atoms with Gasteiger partial charge in [0.15, 0.2) is 0 Å². The van der Waals surface area contributed by atoms with Gasteiger partial charge in [-0.05, 0) is 11.6 Å². The maximum absolute atomic E-state index is 11.6. The summed E-state index contributed by atoms with van der Waals surface area (Å²) in [6.45, 7) is 0.215. The van der Waals surface area contributed by atoms with Crippen LogP contribution in [-0.2, 0) is 13.6 Å². The molecule has 0 saturated carbocycles. The van der Waals surface area contributed by atoms with E-state index in [2.05, 4.69) is 10.5 Å². The molecule has 0 aliphatic rings. The van der Waals surface area contributed by atoms with Gasteiger partial charge in [0.1, 0.15) is 12.0 Å². The Labute approximate surface area is 107 Å². The molecular weight excluding hydrogens is 252 g/mol. The lowest BCUT2D eigenvalue weighted by atomic mass is 10.2. The second-order valence-corrected chi connectivity index (χ2v) is 3.94. The molecule has 9 heteroatoms. The minimum Gasteiger partial charge on any atom is -0.318 e. The molecule has 100 valence electrons. The fraction of sp³-hybridized carbons (Fsp3) is 0.200. The molecule has 1 aromatic heterocycles. The van der Waals surface area contributed by atoms with Crippen molar-refractivity contribution in [2.75, 3.05) is 5.43 Å². The molecule has 19 heavy (non-hydrogen) atoms. The van der Waals surface area contributed by atoms with E-state index >= 15 is 0 Å². The van der Waals surface area contributed by atoms with Crippen LogP contribution in [0.15, 0.2) is 29.3 Å². The first kappa shape index (κ1) is 12.8. The first-order valence-electron chi connectivity index (χ1n) is 5.35. The molecule has 0 unspecified atom stereocenters. The molecule has 0 aliphatic heterocycles. The molecule has 0 fully saturated rings. The number of nitro groups is 1. The smallest absolute Gasteiger partial charge is 0.318 e. The summed E-state index contributed by atoms with van der Waals surface area (Å²) in [6, 6.07) is 4.40. The SMILES string of the molecule is Cn1cnn(Cc2ccc([N+](=O)[O-])c(NN)c2)c1=O. The van der Waals surface area contributed by atoms with Gasteiger partial charge in [-0.1, -0.05) is 6.07 Å². The minimum atomic E-state index is -0.536. The molecule has 2 aromatic rings. The largest absolute Gasteiger partial charge is 0.345 e. The minimum absolute atomic E-state index is 0.125. The summed E-state index contributed by atoms with van der Waals surface area (Å²) in [5, 5.41) is 14.7. The number of nitrogens with zero attached hydrogens (tertiary/aromatic N) is 4. The number of rotatable bonds is 4. The van der Waals surface area contributed by atoms with Crippen LogP contribution < -0.4 is 17.0 Å². The van der Waals surface area contributed by atoms with Gasteiger partial charge in [0, 0.05) is 13.1 Å².